The van der Waals surface area contributed by atoms with Gasteiger partial charge in [0.1, 0.15) is 15.6 Å². The summed E-state index contributed by atoms with van der Waals surface area (Å²) in [6.07, 6.45) is 0. The van der Waals surface area contributed by atoms with Crippen LogP contribution in [0.3, 0.4) is 0 Å². The van der Waals surface area contributed by atoms with Gasteiger partial charge in [-0.15, -0.1) is 10.9 Å². The molecule has 0 bridgehead atoms. The smallest absolute Gasteiger partial charge is 0.274 e. The third kappa shape index (κ3) is 2.15. The predicted molar refractivity (Wildman–Crippen MR) is 103 cm³/mol. The number of benzene rings is 3. The Morgan fingerprint density at radius 2 is 1.44 bits per heavy atom. The zero-order valence-electron chi connectivity index (χ0n) is 13.2. The fourth-order valence-electron chi connectivity index (χ4n) is 3.12. The van der Waals surface area contributed by atoms with E-state index in [0.29, 0.717) is 5.75 Å². The molecular formula is C21H13NO2S. The van der Waals surface area contributed by atoms with E-state index in [1.807, 2.05) is 78.9 Å². The highest BCUT2D eigenvalue weighted by Crippen LogP contribution is 2.41. The minimum absolute atomic E-state index is 0.0149. The molecule has 0 atom stereocenters. The van der Waals surface area contributed by atoms with Crippen LogP contribution in [-0.4, -0.2) is 15.8 Å². The molecule has 0 N–H and O–H groups in total. The summed E-state index contributed by atoms with van der Waals surface area (Å²) in [7, 11) is 1.51. The predicted octanol–water partition coefficient (Wildman–Crippen LogP) is 4.27. The number of nitrogens with zero attached hydrogens (tertiary/aromatic N) is 1. The summed E-state index contributed by atoms with van der Waals surface area (Å²) in [6.45, 7) is 0. The van der Waals surface area contributed by atoms with Crippen molar-refractivity contribution in [1.29, 1.82) is 0 Å². The molecular weight excluding hydrogens is 330 g/mol. The standard InChI is InChI=1S/C21H13NO2S/c23-20-19(14-8-2-1-3-9-14)25-21-15-10-4-6-12-17(15)24-18-13-7-5-11-16(18)22(20)21/h1-13H. The second kappa shape index (κ2) is 5.46. The van der Waals surface area contributed by atoms with E-state index in [1.54, 1.807) is 4.90 Å². The number of carbonyl (C=O) groups excluding carboxylic acids is 1. The van der Waals surface area contributed by atoms with Gasteiger partial charge in [-0.25, -0.2) is 0 Å². The normalized spacial score (nSPS) is 14.9. The lowest BCUT2D eigenvalue weighted by Gasteiger charge is -2.19. The molecule has 1 amide bonds. The SMILES string of the molecule is O=C1C(c2ccccc2)=S=C2c3ccccc3Oc3ccccc3N12. The largest absolute Gasteiger partial charge is 0.454 e. The van der Waals surface area contributed by atoms with Gasteiger partial charge in [0.05, 0.1) is 11.3 Å². The average molecular weight is 343 g/mol. The Balaban J connectivity index is 1.81. The van der Waals surface area contributed by atoms with Gasteiger partial charge in [-0.2, -0.15) is 0 Å². The lowest BCUT2D eigenvalue weighted by atomic mass is 10.1. The number of anilines is 1. The average Bonchev–Trinajstić information content (AvgIpc) is 2.93. The van der Waals surface area contributed by atoms with Crippen LogP contribution in [0.4, 0.5) is 5.69 Å². The molecule has 0 spiro atoms. The van der Waals surface area contributed by atoms with E-state index in [4.69, 9.17) is 4.74 Å². The lowest BCUT2D eigenvalue weighted by molar-refractivity contribution is -0.111. The van der Waals surface area contributed by atoms with Crippen LogP contribution in [-0.2, 0) is 4.79 Å². The van der Waals surface area contributed by atoms with Crippen LogP contribution >= 0.6 is 10.9 Å². The highest BCUT2D eigenvalue weighted by atomic mass is 32.1. The molecule has 2 aliphatic heterocycles. The molecule has 0 fully saturated rings. The van der Waals surface area contributed by atoms with Crippen LogP contribution in [0.5, 0.6) is 11.5 Å². The molecule has 2 aliphatic rings. The molecule has 3 aromatic rings. The molecule has 25 heavy (non-hydrogen) atoms. The van der Waals surface area contributed by atoms with Crippen molar-refractivity contribution in [1.82, 2.24) is 0 Å². The fourth-order valence-corrected chi connectivity index (χ4v) is 4.30. The summed E-state index contributed by atoms with van der Waals surface area (Å²) in [5.74, 6) is 1.44. The molecule has 5 rings (SSSR count). The molecule has 0 saturated carbocycles. The highest BCUT2D eigenvalue weighted by molar-refractivity contribution is 8.01. The van der Waals surface area contributed by atoms with Crippen molar-refractivity contribution in [3.8, 4) is 11.5 Å². The van der Waals surface area contributed by atoms with Crippen LogP contribution < -0.4 is 9.64 Å². The van der Waals surface area contributed by atoms with Crippen LogP contribution in [0.15, 0.2) is 78.9 Å². The van der Waals surface area contributed by atoms with Crippen LogP contribution in [0.2, 0.25) is 0 Å². The number of hydrogen-bond donors (Lipinski definition) is 0. The van der Waals surface area contributed by atoms with E-state index in [1.165, 1.54) is 10.9 Å². The van der Waals surface area contributed by atoms with Gasteiger partial charge < -0.3 is 4.74 Å². The zero-order chi connectivity index (χ0) is 16.8. The lowest BCUT2D eigenvalue weighted by Crippen LogP contribution is -2.36. The van der Waals surface area contributed by atoms with Crippen LogP contribution in [0.25, 0.3) is 0 Å². The molecule has 4 heteroatoms. The Labute approximate surface area is 148 Å². The Morgan fingerprint density at radius 1 is 0.760 bits per heavy atom. The van der Waals surface area contributed by atoms with Crippen molar-refractivity contribution >= 4 is 32.4 Å². The maximum atomic E-state index is 13.3. The van der Waals surface area contributed by atoms with Gasteiger partial charge in [0.25, 0.3) is 5.91 Å². The van der Waals surface area contributed by atoms with Gasteiger partial charge in [0, 0.05) is 0 Å². The number of ether oxygens (including phenoxy) is 1. The van der Waals surface area contributed by atoms with Crippen molar-refractivity contribution < 1.29 is 9.53 Å². The quantitative estimate of drug-likeness (QED) is 0.618. The molecule has 120 valence electrons. The Kier molecular flexibility index (Phi) is 3.11. The molecule has 0 unspecified atom stereocenters. The number of para-hydroxylation sites is 3. The van der Waals surface area contributed by atoms with E-state index in [0.717, 1.165) is 32.4 Å². The van der Waals surface area contributed by atoms with E-state index in [9.17, 15) is 4.79 Å². The van der Waals surface area contributed by atoms with Gasteiger partial charge in [0.15, 0.2) is 5.75 Å². The second-order valence-electron chi connectivity index (χ2n) is 5.81. The first-order valence-corrected chi connectivity index (χ1v) is 8.82. The first-order chi connectivity index (χ1) is 12.3. The Bertz CT molecular complexity index is 1080. The van der Waals surface area contributed by atoms with Crippen molar-refractivity contribution in [3.63, 3.8) is 0 Å². The first-order valence-electron chi connectivity index (χ1n) is 8.01. The molecule has 0 aliphatic carbocycles. The number of amides is 1. The molecule has 3 aromatic carbocycles. The van der Waals surface area contributed by atoms with Gasteiger partial charge in [-0.1, -0.05) is 54.6 Å². The number of carbonyl (C=O) groups is 1. The van der Waals surface area contributed by atoms with Gasteiger partial charge in [0.2, 0.25) is 0 Å². The second-order valence-corrected chi connectivity index (χ2v) is 6.81. The number of rotatable bonds is 1. The summed E-state index contributed by atoms with van der Waals surface area (Å²) in [5, 5.41) is 0. The maximum absolute atomic E-state index is 13.3. The van der Waals surface area contributed by atoms with E-state index in [2.05, 4.69) is 0 Å². The summed E-state index contributed by atoms with van der Waals surface area (Å²) < 4.78 is 6.09. The molecule has 0 aromatic heterocycles. The maximum Gasteiger partial charge on any atom is 0.274 e. The molecule has 3 nitrogen and oxygen atoms in total. The van der Waals surface area contributed by atoms with Crippen LogP contribution in [0, 0.1) is 0 Å². The fraction of sp³-hybridized carbons (Fsp3) is 0. The van der Waals surface area contributed by atoms with Crippen molar-refractivity contribution in [3.05, 3.63) is 90.0 Å². The molecule has 0 saturated heterocycles. The minimum atomic E-state index is -0.0149. The number of fused-ring (bicyclic) bond motifs is 5. The first kappa shape index (κ1) is 14.3. The van der Waals surface area contributed by atoms with Gasteiger partial charge in [-0.05, 0) is 29.8 Å². The minimum Gasteiger partial charge on any atom is -0.454 e. The summed E-state index contributed by atoms with van der Waals surface area (Å²) in [4.78, 5) is 16.7. The van der Waals surface area contributed by atoms with Crippen molar-refractivity contribution in [2.45, 2.75) is 0 Å². The molecule has 2 heterocycles. The van der Waals surface area contributed by atoms with Gasteiger partial charge >= 0.3 is 0 Å². The van der Waals surface area contributed by atoms with E-state index < -0.39 is 0 Å². The van der Waals surface area contributed by atoms with Crippen molar-refractivity contribution in [2.24, 2.45) is 0 Å². The highest BCUT2D eigenvalue weighted by Gasteiger charge is 2.35. The number of hydrogen-bond acceptors (Lipinski definition) is 2. The van der Waals surface area contributed by atoms with Gasteiger partial charge in [-0.3, -0.25) is 9.69 Å². The monoisotopic (exact) mass is 343 g/mol. The van der Waals surface area contributed by atoms with Crippen molar-refractivity contribution in [2.75, 3.05) is 4.90 Å². The Hall–Kier alpha value is -3.11. The summed E-state index contributed by atoms with van der Waals surface area (Å²) in [5.41, 5.74) is 2.65. The third-order valence-corrected chi connectivity index (χ3v) is 5.49. The Morgan fingerprint density at radius 3 is 2.28 bits per heavy atom. The van der Waals surface area contributed by atoms with E-state index >= 15 is 0 Å². The molecule has 0 radical (unpaired) electrons. The third-order valence-electron chi connectivity index (χ3n) is 4.28. The zero-order valence-corrected chi connectivity index (χ0v) is 14.0. The van der Waals surface area contributed by atoms with E-state index in [-0.39, 0.29) is 5.91 Å². The summed E-state index contributed by atoms with van der Waals surface area (Å²) >= 11 is 0. The topological polar surface area (TPSA) is 29.5 Å². The van der Waals surface area contributed by atoms with Crippen LogP contribution in [0.1, 0.15) is 11.1 Å². The summed E-state index contributed by atoms with van der Waals surface area (Å²) in [6, 6.07) is 25.3.